The van der Waals surface area contributed by atoms with Crippen molar-refractivity contribution in [1.29, 1.82) is 0 Å². The minimum absolute atomic E-state index is 0.856. The van der Waals surface area contributed by atoms with Gasteiger partial charge in [-0.1, -0.05) is 24.3 Å². The van der Waals surface area contributed by atoms with E-state index in [2.05, 4.69) is 55.7 Å². The van der Waals surface area contributed by atoms with Crippen LogP contribution in [0.15, 0.2) is 40.2 Å². The second-order valence-corrected chi connectivity index (χ2v) is 7.11. The summed E-state index contributed by atoms with van der Waals surface area (Å²) >= 11 is 5.25. The number of hydrogen-bond donors (Lipinski definition) is 1. The molecule has 20 heavy (non-hydrogen) atoms. The van der Waals surface area contributed by atoms with Crippen LogP contribution in [0.5, 0.6) is 0 Å². The molecular formula is C15H14BrN3S. The van der Waals surface area contributed by atoms with Crippen molar-refractivity contribution in [3.63, 3.8) is 0 Å². The van der Waals surface area contributed by atoms with Gasteiger partial charge in [-0.05, 0) is 41.4 Å². The fraction of sp³-hybridized carbons (Fsp3) is 0.200. The lowest BCUT2D eigenvalue weighted by atomic mass is 10.1. The van der Waals surface area contributed by atoms with E-state index in [1.807, 2.05) is 19.1 Å². The first-order valence-corrected chi connectivity index (χ1v) is 8.05. The second-order valence-electron chi connectivity index (χ2n) is 4.56. The molecule has 0 amide bonds. The Bertz CT molecular complexity index is 739. The van der Waals surface area contributed by atoms with E-state index in [9.17, 15) is 0 Å². The Kier molecular flexibility index (Phi) is 3.98. The Hall–Kier alpha value is -1.46. The van der Waals surface area contributed by atoms with Crippen molar-refractivity contribution in [3.05, 3.63) is 50.8 Å². The van der Waals surface area contributed by atoms with E-state index < -0.39 is 0 Å². The van der Waals surface area contributed by atoms with Gasteiger partial charge in [-0.3, -0.25) is 0 Å². The molecule has 1 N–H and O–H groups in total. The van der Waals surface area contributed by atoms with Crippen molar-refractivity contribution < 1.29 is 0 Å². The second kappa shape index (κ2) is 5.89. The Morgan fingerprint density at radius 2 is 1.90 bits per heavy atom. The highest BCUT2D eigenvalue weighted by Gasteiger charge is 2.05. The van der Waals surface area contributed by atoms with Gasteiger partial charge in [-0.2, -0.15) is 5.10 Å². The molecule has 0 saturated heterocycles. The highest BCUT2D eigenvalue weighted by Crippen LogP contribution is 2.24. The van der Waals surface area contributed by atoms with Crippen LogP contribution in [-0.2, 0) is 6.42 Å². The van der Waals surface area contributed by atoms with Crippen LogP contribution in [0.2, 0.25) is 0 Å². The van der Waals surface area contributed by atoms with Gasteiger partial charge in [0, 0.05) is 22.2 Å². The van der Waals surface area contributed by atoms with Gasteiger partial charge < -0.3 is 5.32 Å². The predicted octanol–water partition coefficient (Wildman–Crippen LogP) is 4.42. The maximum absolute atomic E-state index is 4.28. The molecule has 0 unspecified atom stereocenters. The van der Waals surface area contributed by atoms with Gasteiger partial charge in [-0.25, -0.2) is 0 Å². The number of aromatic nitrogens is 2. The molecule has 0 atom stereocenters. The minimum Gasteiger partial charge on any atom is -0.368 e. The van der Waals surface area contributed by atoms with Gasteiger partial charge in [0.2, 0.25) is 0 Å². The van der Waals surface area contributed by atoms with E-state index in [0.29, 0.717) is 0 Å². The molecule has 5 heteroatoms. The van der Waals surface area contributed by atoms with Crippen molar-refractivity contribution in [2.75, 3.05) is 11.9 Å². The molecular weight excluding hydrogens is 334 g/mol. The van der Waals surface area contributed by atoms with Crippen molar-refractivity contribution in [1.82, 2.24) is 10.2 Å². The number of nitrogens with zero attached hydrogens (tertiary/aromatic N) is 2. The predicted molar refractivity (Wildman–Crippen MR) is 88.5 cm³/mol. The zero-order chi connectivity index (χ0) is 13.9. The fourth-order valence-corrected chi connectivity index (χ4v) is 3.64. The Morgan fingerprint density at radius 3 is 2.65 bits per heavy atom. The number of nitrogens with one attached hydrogen (secondary N) is 1. The summed E-state index contributed by atoms with van der Waals surface area (Å²) in [5.74, 6) is 0.863. The summed E-state index contributed by atoms with van der Waals surface area (Å²) in [6.07, 6.45) is 0.986. The quantitative estimate of drug-likeness (QED) is 0.759. The van der Waals surface area contributed by atoms with Crippen molar-refractivity contribution in [3.8, 4) is 0 Å². The SMILES string of the molecule is Cc1nnc(NCCc2ccc(Br)s2)c2ccccc12. The third-order valence-corrected chi connectivity index (χ3v) is 4.85. The van der Waals surface area contributed by atoms with E-state index in [4.69, 9.17) is 0 Å². The molecule has 0 radical (unpaired) electrons. The molecule has 2 heterocycles. The van der Waals surface area contributed by atoms with Crippen LogP contribution in [0.25, 0.3) is 10.8 Å². The van der Waals surface area contributed by atoms with Gasteiger partial charge >= 0.3 is 0 Å². The van der Waals surface area contributed by atoms with E-state index in [-0.39, 0.29) is 0 Å². The molecule has 1 aromatic carbocycles. The smallest absolute Gasteiger partial charge is 0.156 e. The first-order chi connectivity index (χ1) is 9.74. The third-order valence-electron chi connectivity index (χ3n) is 3.16. The molecule has 102 valence electrons. The number of hydrogen-bond acceptors (Lipinski definition) is 4. The monoisotopic (exact) mass is 347 g/mol. The fourth-order valence-electron chi connectivity index (χ4n) is 2.16. The zero-order valence-corrected chi connectivity index (χ0v) is 13.5. The lowest BCUT2D eigenvalue weighted by Gasteiger charge is -2.08. The number of benzene rings is 1. The summed E-state index contributed by atoms with van der Waals surface area (Å²) in [6, 6.07) is 12.5. The number of halogens is 1. The van der Waals surface area contributed by atoms with Crippen LogP contribution in [0.1, 0.15) is 10.6 Å². The average Bonchev–Trinajstić information content (AvgIpc) is 2.87. The Morgan fingerprint density at radius 1 is 1.10 bits per heavy atom. The van der Waals surface area contributed by atoms with Crippen LogP contribution in [0.3, 0.4) is 0 Å². The third kappa shape index (κ3) is 2.83. The van der Waals surface area contributed by atoms with Gasteiger partial charge in [0.25, 0.3) is 0 Å². The molecule has 0 fully saturated rings. The molecule has 0 aliphatic heterocycles. The molecule has 3 nitrogen and oxygen atoms in total. The first kappa shape index (κ1) is 13.5. The summed E-state index contributed by atoms with van der Waals surface area (Å²) in [5, 5.41) is 14.2. The van der Waals surface area contributed by atoms with Crippen molar-refractivity contribution >= 4 is 43.9 Å². The largest absolute Gasteiger partial charge is 0.368 e. The van der Waals surface area contributed by atoms with Crippen LogP contribution in [-0.4, -0.2) is 16.7 Å². The van der Waals surface area contributed by atoms with Crippen molar-refractivity contribution in [2.24, 2.45) is 0 Å². The minimum atomic E-state index is 0.856. The normalized spacial score (nSPS) is 10.9. The summed E-state index contributed by atoms with van der Waals surface area (Å²) < 4.78 is 1.17. The molecule has 0 spiro atoms. The van der Waals surface area contributed by atoms with Gasteiger partial charge in [0.05, 0.1) is 9.48 Å². The maximum atomic E-state index is 4.28. The lowest BCUT2D eigenvalue weighted by molar-refractivity contribution is 0.967. The summed E-state index contributed by atoms with van der Waals surface area (Å²) in [4.78, 5) is 1.36. The number of thiophene rings is 1. The molecule has 3 aromatic rings. The maximum Gasteiger partial charge on any atom is 0.156 e. The van der Waals surface area contributed by atoms with Crippen LogP contribution in [0, 0.1) is 6.92 Å². The van der Waals surface area contributed by atoms with E-state index in [0.717, 1.165) is 35.2 Å². The lowest BCUT2D eigenvalue weighted by Crippen LogP contribution is -2.07. The molecule has 0 saturated carbocycles. The van der Waals surface area contributed by atoms with E-state index in [1.54, 1.807) is 11.3 Å². The standard InChI is InChI=1S/C15H14BrN3S/c1-10-12-4-2-3-5-13(12)15(19-18-10)17-9-8-11-6-7-14(16)20-11/h2-7H,8-9H2,1H3,(H,17,19). The summed E-state index contributed by atoms with van der Waals surface area (Å²) in [5.41, 5.74) is 0.966. The first-order valence-electron chi connectivity index (χ1n) is 6.44. The highest BCUT2D eigenvalue weighted by molar-refractivity contribution is 9.11. The number of aryl methyl sites for hydroxylation is 1. The summed E-state index contributed by atoms with van der Waals surface area (Å²) in [6.45, 7) is 2.84. The Labute approximate surface area is 130 Å². The highest BCUT2D eigenvalue weighted by atomic mass is 79.9. The average molecular weight is 348 g/mol. The van der Waals surface area contributed by atoms with Crippen LogP contribution in [0.4, 0.5) is 5.82 Å². The zero-order valence-electron chi connectivity index (χ0n) is 11.1. The Balaban J connectivity index is 1.76. The number of anilines is 1. The number of rotatable bonds is 4. The molecule has 0 aliphatic rings. The van der Waals surface area contributed by atoms with Crippen molar-refractivity contribution in [2.45, 2.75) is 13.3 Å². The van der Waals surface area contributed by atoms with Crippen LogP contribution >= 0.6 is 27.3 Å². The summed E-state index contributed by atoms with van der Waals surface area (Å²) in [7, 11) is 0. The van der Waals surface area contributed by atoms with Gasteiger partial charge in [0.15, 0.2) is 5.82 Å². The van der Waals surface area contributed by atoms with E-state index in [1.165, 1.54) is 8.66 Å². The van der Waals surface area contributed by atoms with Gasteiger partial charge in [-0.15, -0.1) is 16.4 Å². The molecule has 0 aliphatic carbocycles. The molecule has 0 bridgehead atoms. The topological polar surface area (TPSA) is 37.8 Å². The molecule has 3 rings (SSSR count). The number of fused-ring (bicyclic) bond motifs is 1. The molecule has 2 aromatic heterocycles. The van der Waals surface area contributed by atoms with E-state index >= 15 is 0 Å². The van der Waals surface area contributed by atoms with Gasteiger partial charge in [0.1, 0.15) is 0 Å². The van der Waals surface area contributed by atoms with Crippen LogP contribution < -0.4 is 5.32 Å².